The molecule has 1 aliphatic heterocycles. The van der Waals surface area contributed by atoms with Crippen LogP contribution in [0.3, 0.4) is 0 Å². The van der Waals surface area contributed by atoms with E-state index < -0.39 is 0 Å². The summed E-state index contributed by atoms with van der Waals surface area (Å²) in [5, 5.41) is 0. The number of methoxy groups -OCH3 is 2. The first-order valence-electron chi connectivity index (χ1n) is 4.62. The fourth-order valence-corrected chi connectivity index (χ4v) is 1.61. The average Bonchev–Trinajstić information content (AvgIpc) is 2.27. The van der Waals surface area contributed by atoms with Crippen LogP contribution in [-0.2, 0) is 6.42 Å². The van der Waals surface area contributed by atoms with Crippen LogP contribution in [0.1, 0.15) is 12.0 Å². The monoisotopic (exact) mass is 191 g/mol. The van der Waals surface area contributed by atoms with Crippen LogP contribution < -0.4 is 9.47 Å². The third kappa shape index (κ3) is 1.45. The molecule has 74 valence electrons. The molecule has 0 saturated heterocycles. The van der Waals surface area contributed by atoms with Gasteiger partial charge in [0.15, 0.2) is 11.5 Å². The number of aryl methyl sites for hydroxylation is 1. The van der Waals surface area contributed by atoms with E-state index in [4.69, 9.17) is 9.47 Å². The van der Waals surface area contributed by atoms with E-state index in [1.165, 1.54) is 5.56 Å². The smallest absolute Gasteiger partial charge is 0.162 e. The van der Waals surface area contributed by atoms with Crippen LogP contribution in [0.15, 0.2) is 17.1 Å². The third-order valence-electron chi connectivity index (χ3n) is 2.36. The molecule has 0 radical (unpaired) electrons. The van der Waals surface area contributed by atoms with Crippen molar-refractivity contribution in [3.8, 4) is 11.5 Å². The Balaban J connectivity index is 2.50. The van der Waals surface area contributed by atoms with Crippen LogP contribution in [-0.4, -0.2) is 20.4 Å². The van der Waals surface area contributed by atoms with E-state index in [2.05, 4.69) is 4.99 Å². The van der Waals surface area contributed by atoms with Crippen molar-refractivity contribution in [2.45, 2.75) is 12.8 Å². The van der Waals surface area contributed by atoms with Crippen molar-refractivity contribution in [1.82, 2.24) is 0 Å². The highest BCUT2D eigenvalue weighted by Crippen LogP contribution is 2.36. The lowest BCUT2D eigenvalue weighted by molar-refractivity contribution is 0.354. The van der Waals surface area contributed by atoms with Gasteiger partial charge in [0.25, 0.3) is 0 Å². The van der Waals surface area contributed by atoms with Gasteiger partial charge >= 0.3 is 0 Å². The number of hydrogen-bond donors (Lipinski definition) is 0. The molecule has 0 aliphatic carbocycles. The Kier molecular flexibility index (Phi) is 2.39. The van der Waals surface area contributed by atoms with Crippen LogP contribution in [0.5, 0.6) is 11.5 Å². The minimum Gasteiger partial charge on any atom is -0.493 e. The van der Waals surface area contributed by atoms with Gasteiger partial charge in [-0.3, -0.25) is 4.99 Å². The van der Waals surface area contributed by atoms with Gasteiger partial charge in [0.05, 0.1) is 19.9 Å². The van der Waals surface area contributed by atoms with E-state index in [9.17, 15) is 0 Å². The van der Waals surface area contributed by atoms with Gasteiger partial charge in [-0.1, -0.05) is 0 Å². The van der Waals surface area contributed by atoms with Crippen LogP contribution in [0.2, 0.25) is 0 Å². The predicted molar refractivity (Wildman–Crippen MR) is 56.0 cm³/mol. The molecule has 0 aromatic heterocycles. The quantitative estimate of drug-likeness (QED) is 0.718. The zero-order valence-electron chi connectivity index (χ0n) is 8.41. The van der Waals surface area contributed by atoms with E-state index in [0.29, 0.717) is 0 Å². The first-order chi connectivity index (χ1) is 6.85. The van der Waals surface area contributed by atoms with Gasteiger partial charge in [-0.25, -0.2) is 0 Å². The average molecular weight is 191 g/mol. The minimum absolute atomic E-state index is 0.741. The largest absolute Gasteiger partial charge is 0.493 e. The minimum atomic E-state index is 0.741. The summed E-state index contributed by atoms with van der Waals surface area (Å²) in [5.41, 5.74) is 2.22. The highest BCUT2D eigenvalue weighted by molar-refractivity contribution is 5.71. The van der Waals surface area contributed by atoms with Crippen LogP contribution in [0, 0.1) is 0 Å². The van der Waals surface area contributed by atoms with E-state index >= 15 is 0 Å². The zero-order valence-corrected chi connectivity index (χ0v) is 8.41. The molecule has 3 heteroatoms. The second-order valence-electron chi connectivity index (χ2n) is 3.19. The highest BCUT2D eigenvalue weighted by atomic mass is 16.5. The molecule has 1 aromatic carbocycles. The molecule has 2 rings (SSSR count). The Bertz CT molecular complexity index is 372. The maximum absolute atomic E-state index is 5.23. The number of ether oxygens (including phenoxy) is 2. The summed E-state index contributed by atoms with van der Waals surface area (Å²) >= 11 is 0. The SMILES string of the molecule is COc1cc2c(cc1OC)N=CCC2. The molecule has 14 heavy (non-hydrogen) atoms. The normalized spacial score (nSPS) is 13.6. The van der Waals surface area contributed by atoms with Crippen molar-refractivity contribution in [3.63, 3.8) is 0 Å². The van der Waals surface area contributed by atoms with Crippen molar-refractivity contribution in [2.75, 3.05) is 14.2 Å². The summed E-state index contributed by atoms with van der Waals surface area (Å²) in [5.74, 6) is 1.52. The molecule has 0 amide bonds. The van der Waals surface area contributed by atoms with Gasteiger partial charge in [0, 0.05) is 12.3 Å². The second-order valence-corrected chi connectivity index (χ2v) is 3.19. The van der Waals surface area contributed by atoms with E-state index in [-0.39, 0.29) is 0 Å². The topological polar surface area (TPSA) is 30.8 Å². The number of aliphatic imine (C=N–C) groups is 1. The molecular weight excluding hydrogens is 178 g/mol. The summed E-state index contributed by atoms with van der Waals surface area (Å²) < 4.78 is 10.4. The van der Waals surface area contributed by atoms with E-state index in [1.807, 2.05) is 18.3 Å². The number of hydrogen-bond acceptors (Lipinski definition) is 3. The molecule has 0 unspecified atom stereocenters. The van der Waals surface area contributed by atoms with Gasteiger partial charge < -0.3 is 9.47 Å². The van der Waals surface area contributed by atoms with Crippen LogP contribution >= 0.6 is 0 Å². The van der Waals surface area contributed by atoms with Gasteiger partial charge in [-0.15, -0.1) is 0 Å². The maximum atomic E-state index is 5.23. The Morgan fingerprint density at radius 3 is 2.57 bits per heavy atom. The van der Waals surface area contributed by atoms with Gasteiger partial charge in [-0.05, 0) is 24.5 Å². The number of nitrogens with zero attached hydrogens (tertiary/aromatic N) is 1. The number of benzene rings is 1. The lowest BCUT2D eigenvalue weighted by Crippen LogP contribution is -1.97. The van der Waals surface area contributed by atoms with E-state index in [0.717, 1.165) is 30.0 Å². The molecule has 0 N–H and O–H groups in total. The third-order valence-corrected chi connectivity index (χ3v) is 2.36. The Morgan fingerprint density at radius 2 is 1.86 bits per heavy atom. The molecule has 1 heterocycles. The highest BCUT2D eigenvalue weighted by Gasteiger charge is 2.11. The number of fused-ring (bicyclic) bond motifs is 1. The van der Waals surface area contributed by atoms with Crippen molar-refractivity contribution in [1.29, 1.82) is 0 Å². The summed E-state index contributed by atoms with van der Waals surface area (Å²) in [7, 11) is 3.28. The van der Waals surface area contributed by atoms with Gasteiger partial charge in [0.1, 0.15) is 0 Å². The van der Waals surface area contributed by atoms with Crippen molar-refractivity contribution in [2.24, 2.45) is 4.99 Å². The Hall–Kier alpha value is -1.51. The molecule has 0 atom stereocenters. The molecule has 1 aliphatic rings. The standard InChI is InChI=1S/C11H13NO2/c1-13-10-6-8-4-3-5-12-9(8)7-11(10)14-2/h5-7H,3-4H2,1-2H3. The molecule has 0 fully saturated rings. The zero-order chi connectivity index (χ0) is 9.97. The summed E-state index contributed by atoms with van der Waals surface area (Å²) in [6.45, 7) is 0. The molecule has 3 nitrogen and oxygen atoms in total. The van der Waals surface area contributed by atoms with Crippen molar-refractivity contribution in [3.05, 3.63) is 17.7 Å². The van der Waals surface area contributed by atoms with Crippen LogP contribution in [0.4, 0.5) is 5.69 Å². The summed E-state index contributed by atoms with van der Waals surface area (Å²) in [6.07, 6.45) is 3.97. The molecule has 0 bridgehead atoms. The Labute approximate surface area is 83.4 Å². The first kappa shape index (κ1) is 9.06. The maximum Gasteiger partial charge on any atom is 0.162 e. The second kappa shape index (κ2) is 3.70. The van der Waals surface area contributed by atoms with Gasteiger partial charge in [0.2, 0.25) is 0 Å². The molecule has 1 aromatic rings. The summed E-state index contributed by atoms with van der Waals surface area (Å²) in [6, 6.07) is 3.93. The lowest BCUT2D eigenvalue weighted by atomic mass is 10.0. The number of rotatable bonds is 2. The van der Waals surface area contributed by atoms with E-state index in [1.54, 1.807) is 14.2 Å². The fraction of sp³-hybridized carbons (Fsp3) is 0.364. The summed E-state index contributed by atoms with van der Waals surface area (Å²) in [4.78, 5) is 4.32. The molecule has 0 spiro atoms. The van der Waals surface area contributed by atoms with Crippen molar-refractivity contribution < 1.29 is 9.47 Å². The molecule has 0 saturated carbocycles. The van der Waals surface area contributed by atoms with Crippen molar-refractivity contribution >= 4 is 11.9 Å². The first-order valence-corrected chi connectivity index (χ1v) is 4.62. The van der Waals surface area contributed by atoms with Gasteiger partial charge in [-0.2, -0.15) is 0 Å². The lowest BCUT2D eigenvalue weighted by Gasteiger charge is -2.14. The predicted octanol–water partition coefficient (Wildman–Crippen LogP) is 2.35. The van der Waals surface area contributed by atoms with Crippen LogP contribution in [0.25, 0.3) is 0 Å². The molecular formula is C11H13NO2. The Morgan fingerprint density at radius 1 is 1.14 bits per heavy atom. The fourth-order valence-electron chi connectivity index (χ4n) is 1.61.